The average Bonchev–Trinajstić information content (AvgIpc) is 3.34. The Kier molecular flexibility index (Phi) is 55.7. The Hall–Kier alpha value is -1.21. The molecule has 0 spiro atoms. The molecule has 6 nitrogen and oxygen atoms in total. The number of allylic oxidation sites excluding steroid dienone is 4. The van der Waals surface area contributed by atoms with E-state index >= 15 is 0 Å². The summed E-state index contributed by atoms with van der Waals surface area (Å²) >= 11 is 0. The van der Waals surface area contributed by atoms with E-state index in [4.69, 9.17) is 0 Å². The van der Waals surface area contributed by atoms with E-state index in [9.17, 15) is 25.2 Å². The molecule has 0 aromatic carbocycles. The summed E-state index contributed by atoms with van der Waals surface area (Å²) in [4.78, 5) is 12.6. The lowest BCUT2D eigenvalue weighted by Crippen LogP contribution is -2.53. The molecule has 0 fully saturated rings. The summed E-state index contributed by atoms with van der Waals surface area (Å²) in [7, 11) is 0. The van der Waals surface area contributed by atoms with E-state index < -0.39 is 36.9 Å². The fourth-order valence-corrected chi connectivity index (χ4v) is 9.84. The van der Waals surface area contributed by atoms with Crippen LogP contribution in [0.4, 0.5) is 0 Å². The number of aliphatic hydroxyl groups is 4. The lowest BCUT2D eigenvalue weighted by molar-refractivity contribution is -0.132. The topological polar surface area (TPSA) is 110 Å². The molecule has 0 aliphatic carbocycles. The fraction of sp³-hybridized carbons (Fsp3) is 0.919. The molecule has 0 aromatic heterocycles. The van der Waals surface area contributed by atoms with Crippen molar-refractivity contribution < 1.29 is 25.2 Å². The van der Waals surface area contributed by atoms with Gasteiger partial charge in [-0.25, -0.2) is 0 Å². The van der Waals surface area contributed by atoms with E-state index in [0.29, 0.717) is 19.3 Å². The van der Waals surface area contributed by atoms with Crippen LogP contribution in [0.1, 0.15) is 335 Å². The maximum absolute atomic E-state index is 12.6. The number of hydrogen-bond acceptors (Lipinski definition) is 5. The smallest absolute Gasteiger partial charge is 0.249 e. The molecule has 6 heteroatoms. The van der Waals surface area contributed by atoms with Gasteiger partial charge in [0, 0.05) is 0 Å². The van der Waals surface area contributed by atoms with Gasteiger partial charge in [-0.05, 0) is 51.4 Å². The standard InChI is InChI=1S/C62H121NO5/c1-3-5-7-9-11-13-15-17-19-21-23-25-27-29-30-32-34-36-38-40-42-44-46-48-50-52-54-56-60(66)62(68)63-58(57-64)61(67)59(65)55-53-51-49-47-45-43-41-39-37-35-33-31-28-26-24-22-20-18-16-14-12-10-8-6-4-2/h39,41,47,49,58-61,64-67H,3-38,40,42-46,48,50-57H2,1-2H3,(H,63,68)/b41-39+,49-47+. The van der Waals surface area contributed by atoms with Crippen LogP contribution in [0, 0.1) is 0 Å². The van der Waals surface area contributed by atoms with E-state index in [-0.39, 0.29) is 0 Å². The highest BCUT2D eigenvalue weighted by molar-refractivity contribution is 5.80. The molecule has 0 aliphatic heterocycles. The van der Waals surface area contributed by atoms with Crippen LogP contribution in [0.25, 0.3) is 0 Å². The number of unbranched alkanes of at least 4 members (excludes halogenated alkanes) is 44. The normalized spacial score (nSPS) is 13.8. The van der Waals surface area contributed by atoms with Crippen LogP contribution in [0.3, 0.4) is 0 Å². The second-order valence-corrected chi connectivity index (χ2v) is 21.4. The number of carbonyl (C=O) groups excluding carboxylic acids is 1. The monoisotopic (exact) mass is 960 g/mol. The first kappa shape index (κ1) is 66.8. The maximum Gasteiger partial charge on any atom is 0.249 e. The van der Waals surface area contributed by atoms with Gasteiger partial charge in [0.25, 0.3) is 0 Å². The summed E-state index contributed by atoms with van der Waals surface area (Å²) < 4.78 is 0. The number of nitrogens with one attached hydrogen (secondary N) is 1. The molecule has 0 saturated carbocycles. The van der Waals surface area contributed by atoms with Gasteiger partial charge in [0.15, 0.2) is 0 Å². The molecule has 0 bridgehead atoms. The predicted molar refractivity (Wildman–Crippen MR) is 298 cm³/mol. The van der Waals surface area contributed by atoms with Gasteiger partial charge >= 0.3 is 0 Å². The SMILES string of the molecule is CCCCCCCCCCCCCCCCCC/C=C/CC/C=C/CCCC(O)C(O)C(CO)NC(=O)C(O)CCCCCCCCCCCCCCCCCCCCCCCCCCCCC. The van der Waals surface area contributed by atoms with Crippen molar-refractivity contribution in [2.24, 2.45) is 0 Å². The lowest BCUT2D eigenvalue weighted by atomic mass is 10.00. The van der Waals surface area contributed by atoms with E-state index in [1.807, 2.05) is 0 Å². The van der Waals surface area contributed by atoms with Crippen LogP contribution < -0.4 is 5.32 Å². The van der Waals surface area contributed by atoms with Crippen LogP contribution in [-0.2, 0) is 4.79 Å². The highest BCUT2D eigenvalue weighted by Crippen LogP contribution is 2.18. The first-order chi connectivity index (χ1) is 33.5. The van der Waals surface area contributed by atoms with Crippen molar-refractivity contribution in [2.75, 3.05) is 6.61 Å². The summed E-state index contributed by atoms with van der Waals surface area (Å²) in [5.41, 5.74) is 0. The lowest BCUT2D eigenvalue weighted by Gasteiger charge is -2.27. The third-order valence-corrected chi connectivity index (χ3v) is 14.6. The molecular weight excluding hydrogens is 839 g/mol. The number of hydrogen-bond donors (Lipinski definition) is 5. The minimum Gasteiger partial charge on any atom is -0.394 e. The van der Waals surface area contributed by atoms with Gasteiger partial charge in [-0.2, -0.15) is 0 Å². The van der Waals surface area contributed by atoms with Crippen LogP contribution >= 0.6 is 0 Å². The van der Waals surface area contributed by atoms with Gasteiger partial charge in [0.05, 0.1) is 18.8 Å². The Balaban J connectivity index is 3.62. The van der Waals surface area contributed by atoms with Crippen LogP contribution in [0.15, 0.2) is 24.3 Å². The van der Waals surface area contributed by atoms with E-state index in [2.05, 4.69) is 43.5 Å². The summed E-state index contributed by atoms with van der Waals surface area (Å²) in [6.07, 6.45) is 69.9. The Labute approximate surface area is 425 Å². The largest absolute Gasteiger partial charge is 0.394 e. The summed E-state index contributed by atoms with van der Waals surface area (Å²) in [5.74, 6) is -0.591. The zero-order valence-corrected chi connectivity index (χ0v) is 45.9. The summed E-state index contributed by atoms with van der Waals surface area (Å²) in [6, 6.07) is -1.01. The first-order valence-corrected chi connectivity index (χ1v) is 30.7. The van der Waals surface area contributed by atoms with Crippen LogP contribution in [0.2, 0.25) is 0 Å². The Bertz CT molecular complexity index is 1030. The zero-order valence-electron chi connectivity index (χ0n) is 45.9. The number of rotatable bonds is 57. The Morgan fingerprint density at radius 1 is 0.353 bits per heavy atom. The second-order valence-electron chi connectivity index (χ2n) is 21.4. The molecule has 0 heterocycles. The predicted octanol–water partition coefficient (Wildman–Crippen LogP) is 18.2. The molecule has 4 unspecified atom stereocenters. The van der Waals surface area contributed by atoms with Gasteiger partial charge in [0.1, 0.15) is 12.2 Å². The molecule has 0 aromatic rings. The molecule has 404 valence electrons. The second kappa shape index (κ2) is 56.7. The molecule has 4 atom stereocenters. The molecule has 0 saturated heterocycles. The minimum absolute atomic E-state index is 0.365. The van der Waals surface area contributed by atoms with Crippen molar-refractivity contribution in [1.82, 2.24) is 5.32 Å². The molecule has 5 N–H and O–H groups in total. The quantitative estimate of drug-likeness (QED) is 0.0308. The molecule has 0 rings (SSSR count). The summed E-state index contributed by atoms with van der Waals surface area (Å²) in [5, 5.41) is 44.0. The van der Waals surface area contributed by atoms with Crippen molar-refractivity contribution >= 4 is 5.91 Å². The Morgan fingerprint density at radius 2 is 0.618 bits per heavy atom. The summed E-state index contributed by atoms with van der Waals surface area (Å²) in [6.45, 7) is 4.09. The average molecular weight is 961 g/mol. The number of aliphatic hydroxyl groups excluding tert-OH is 4. The molecule has 0 radical (unpaired) electrons. The number of amides is 1. The molecular formula is C62H121NO5. The highest BCUT2D eigenvalue weighted by atomic mass is 16.3. The molecule has 68 heavy (non-hydrogen) atoms. The number of carbonyl (C=O) groups is 1. The van der Waals surface area contributed by atoms with E-state index in [1.54, 1.807) is 0 Å². The zero-order chi connectivity index (χ0) is 49.5. The Morgan fingerprint density at radius 3 is 0.926 bits per heavy atom. The van der Waals surface area contributed by atoms with Gasteiger partial charge in [0.2, 0.25) is 5.91 Å². The third kappa shape index (κ3) is 49.8. The first-order valence-electron chi connectivity index (χ1n) is 30.7. The van der Waals surface area contributed by atoms with E-state index in [1.165, 1.54) is 263 Å². The minimum atomic E-state index is -1.29. The third-order valence-electron chi connectivity index (χ3n) is 14.6. The van der Waals surface area contributed by atoms with Crippen LogP contribution in [-0.4, -0.2) is 57.3 Å². The van der Waals surface area contributed by atoms with Gasteiger partial charge in [-0.15, -0.1) is 0 Å². The highest BCUT2D eigenvalue weighted by Gasteiger charge is 2.28. The van der Waals surface area contributed by atoms with Gasteiger partial charge in [-0.1, -0.05) is 308 Å². The fourth-order valence-electron chi connectivity index (χ4n) is 9.84. The van der Waals surface area contributed by atoms with Crippen molar-refractivity contribution in [3.05, 3.63) is 24.3 Å². The van der Waals surface area contributed by atoms with Crippen molar-refractivity contribution in [1.29, 1.82) is 0 Å². The van der Waals surface area contributed by atoms with Gasteiger partial charge in [-0.3, -0.25) is 4.79 Å². The molecule has 1 amide bonds. The van der Waals surface area contributed by atoms with Crippen LogP contribution in [0.5, 0.6) is 0 Å². The van der Waals surface area contributed by atoms with Crippen molar-refractivity contribution in [2.45, 2.75) is 359 Å². The van der Waals surface area contributed by atoms with Crippen molar-refractivity contribution in [3.63, 3.8) is 0 Å². The molecule has 0 aliphatic rings. The van der Waals surface area contributed by atoms with Gasteiger partial charge < -0.3 is 25.7 Å². The maximum atomic E-state index is 12.6. The van der Waals surface area contributed by atoms with E-state index in [0.717, 1.165) is 38.5 Å². The van der Waals surface area contributed by atoms with Crippen molar-refractivity contribution in [3.8, 4) is 0 Å².